The van der Waals surface area contributed by atoms with E-state index in [1.54, 1.807) is 0 Å². The van der Waals surface area contributed by atoms with Gasteiger partial charge in [-0.05, 0) is 64.9 Å². The predicted octanol–water partition coefficient (Wildman–Crippen LogP) is 13.5. The zero-order valence-corrected chi connectivity index (χ0v) is 39.3. The van der Waals surface area contributed by atoms with E-state index in [1.807, 2.05) is 36.5 Å². The van der Waals surface area contributed by atoms with Gasteiger partial charge in [0.15, 0.2) is 0 Å². The normalized spacial score (nSPS) is 13.7. The number of aromatic nitrogens is 3. The molecule has 1 aliphatic rings. The molecule has 0 unspecified atom stereocenters. The molecule has 0 N–H and O–H groups in total. The standard InChI is InChI=1S/C30H27N2O.C22H32NSi.Ir/c1-20-12-13-24(27-19-22(16-17-31-27)18-21-8-4-2-5-9-21)29-28(20)25-14-15-26(32-30(25)33-29)23-10-6-3-7-11-23;1-16(2)12-18-14-20(23-15-21(18)24(6,7)8)17-10-9-11-19(13-17)22(3,4)5;/h3,6-7,10-12,14-17,19,21H,2,4-5,8-9,18H2,1H3;9,11,13-16H,12H2,1-8H3;/q2*-1;. The molecule has 0 spiro atoms. The second-order valence-corrected chi connectivity index (χ2v) is 23.7. The largest absolute Gasteiger partial charge is 0.486 e. The van der Waals surface area contributed by atoms with E-state index in [9.17, 15) is 0 Å². The molecule has 0 amide bonds. The Morgan fingerprint density at radius 3 is 2.31 bits per heavy atom. The number of aryl methyl sites for hydroxylation is 1. The summed E-state index contributed by atoms with van der Waals surface area (Å²) in [6, 6.07) is 36.5. The summed E-state index contributed by atoms with van der Waals surface area (Å²) in [5, 5.41) is 3.63. The molecule has 1 fully saturated rings. The maximum Gasteiger partial charge on any atom is 0.216 e. The van der Waals surface area contributed by atoms with Crippen molar-refractivity contribution in [2.24, 2.45) is 11.8 Å². The number of hydrogen-bond acceptors (Lipinski definition) is 4. The minimum Gasteiger partial charge on any atom is -0.486 e. The fraction of sp³-hybridized carbons (Fsp3) is 0.365. The summed E-state index contributed by atoms with van der Waals surface area (Å²) in [6.45, 7) is 20.6. The molecule has 4 heterocycles. The van der Waals surface area contributed by atoms with Crippen LogP contribution in [0.3, 0.4) is 0 Å². The third-order valence-corrected chi connectivity index (χ3v) is 13.4. The van der Waals surface area contributed by atoms with Crippen LogP contribution >= 0.6 is 0 Å². The molecule has 0 aliphatic heterocycles. The van der Waals surface area contributed by atoms with Crippen molar-refractivity contribution in [2.75, 3.05) is 0 Å². The first-order valence-electron chi connectivity index (χ1n) is 21.0. The maximum absolute atomic E-state index is 6.39. The van der Waals surface area contributed by atoms with Gasteiger partial charge in [0.25, 0.3) is 0 Å². The smallest absolute Gasteiger partial charge is 0.216 e. The number of pyridine rings is 3. The predicted molar refractivity (Wildman–Crippen MR) is 243 cm³/mol. The molecule has 4 nitrogen and oxygen atoms in total. The van der Waals surface area contributed by atoms with Crippen molar-refractivity contribution in [3.8, 4) is 33.8 Å². The number of nitrogens with zero attached hydrogens (tertiary/aromatic N) is 3. The number of furan rings is 1. The monoisotopic (exact) mass is 962 g/mol. The van der Waals surface area contributed by atoms with E-state index >= 15 is 0 Å². The Labute approximate surface area is 361 Å². The van der Waals surface area contributed by atoms with Crippen LogP contribution < -0.4 is 5.19 Å². The van der Waals surface area contributed by atoms with Crippen LogP contribution in [0.4, 0.5) is 0 Å². The molecule has 6 heteroatoms. The van der Waals surface area contributed by atoms with Crippen molar-refractivity contribution >= 4 is 35.3 Å². The molecular formula is C52H59IrN3OSi-2. The van der Waals surface area contributed by atoms with Crippen molar-refractivity contribution in [3.05, 3.63) is 132 Å². The molecule has 1 radical (unpaired) electrons. The van der Waals surface area contributed by atoms with Crippen LogP contribution in [0.25, 0.3) is 55.8 Å². The van der Waals surface area contributed by atoms with Crippen LogP contribution in [0.5, 0.6) is 0 Å². The van der Waals surface area contributed by atoms with Gasteiger partial charge in [-0.3, -0.25) is 0 Å². The summed E-state index contributed by atoms with van der Waals surface area (Å²) in [6.07, 6.45) is 13.1. The Kier molecular flexibility index (Phi) is 13.7. The van der Waals surface area contributed by atoms with Crippen molar-refractivity contribution in [2.45, 2.75) is 112 Å². The van der Waals surface area contributed by atoms with Gasteiger partial charge in [-0.2, -0.15) is 0 Å². The van der Waals surface area contributed by atoms with Gasteiger partial charge >= 0.3 is 0 Å². The zero-order valence-electron chi connectivity index (χ0n) is 35.9. The summed E-state index contributed by atoms with van der Waals surface area (Å²) < 4.78 is 6.39. The Morgan fingerprint density at radius 2 is 1.60 bits per heavy atom. The molecule has 0 saturated heterocycles. The van der Waals surface area contributed by atoms with Gasteiger partial charge < -0.3 is 14.4 Å². The maximum atomic E-state index is 6.39. The van der Waals surface area contributed by atoms with Gasteiger partial charge in [0.1, 0.15) is 0 Å². The molecule has 8 rings (SSSR count). The van der Waals surface area contributed by atoms with E-state index in [-0.39, 0.29) is 25.5 Å². The Bertz CT molecular complexity index is 2470. The van der Waals surface area contributed by atoms with Crippen molar-refractivity contribution in [1.29, 1.82) is 0 Å². The summed E-state index contributed by atoms with van der Waals surface area (Å²) >= 11 is 0. The van der Waals surface area contributed by atoms with Crippen LogP contribution in [0.1, 0.15) is 89.0 Å². The molecule has 3 aromatic carbocycles. The van der Waals surface area contributed by atoms with Gasteiger partial charge in [0.2, 0.25) is 5.71 Å². The number of fused-ring (bicyclic) bond motifs is 3. The molecule has 7 aromatic rings. The van der Waals surface area contributed by atoms with Gasteiger partial charge in [0.05, 0.1) is 19.4 Å². The molecule has 1 saturated carbocycles. The minimum absolute atomic E-state index is 0. The molecular weight excluding hydrogens is 903 g/mol. The van der Waals surface area contributed by atoms with Crippen molar-refractivity contribution in [3.63, 3.8) is 0 Å². The summed E-state index contributed by atoms with van der Waals surface area (Å²) in [5.41, 5.74) is 12.9. The van der Waals surface area contributed by atoms with E-state index in [4.69, 9.17) is 19.4 Å². The fourth-order valence-corrected chi connectivity index (χ4v) is 9.89. The van der Waals surface area contributed by atoms with Crippen LogP contribution in [0.15, 0.2) is 102 Å². The van der Waals surface area contributed by atoms with Gasteiger partial charge in [-0.15, -0.1) is 53.1 Å². The van der Waals surface area contributed by atoms with Gasteiger partial charge in [0, 0.05) is 43.4 Å². The summed E-state index contributed by atoms with van der Waals surface area (Å²) in [4.78, 5) is 14.4. The van der Waals surface area contributed by atoms with Gasteiger partial charge in [-0.1, -0.05) is 158 Å². The Hall–Kier alpha value is -4.22. The molecule has 303 valence electrons. The average Bonchev–Trinajstić information content (AvgIpc) is 3.58. The van der Waals surface area contributed by atoms with Crippen LogP contribution in [0, 0.1) is 30.9 Å². The number of hydrogen-bond donors (Lipinski definition) is 0. The first-order chi connectivity index (χ1) is 27.2. The fourth-order valence-electron chi connectivity index (χ4n) is 8.30. The third kappa shape index (κ3) is 10.1. The van der Waals surface area contributed by atoms with E-state index < -0.39 is 8.07 Å². The molecule has 0 bridgehead atoms. The Morgan fingerprint density at radius 1 is 0.845 bits per heavy atom. The summed E-state index contributed by atoms with van der Waals surface area (Å²) in [7, 11) is -1.38. The third-order valence-electron chi connectivity index (χ3n) is 11.4. The molecule has 58 heavy (non-hydrogen) atoms. The van der Waals surface area contributed by atoms with Crippen LogP contribution in [0.2, 0.25) is 19.6 Å². The first-order valence-corrected chi connectivity index (χ1v) is 24.5. The Balaban J connectivity index is 0.000000203. The average molecular weight is 962 g/mol. The topological polar surface area (TPSA) is 51.8 Å². The van der Waals surface area contributed by atoms with E-state index in [0.29, 0.717) is 11.6 Å². The second-order valence-electron chi connectivity index (χ2n) is 18.6. The van der Waals surface area contributed by atoms with E-state index in [2.05, 4.69) is 134 Å². The second kappa shape index (κ2) is 18.4. The van der Waals surface area contributed by atoms with E-state index in [0.717, 1.165) is 74.5 Å². The SMILES string of the molecule is CC(C)Cc1cc(-c2[c-]ccc(C(C)(C)C)c2)ncc1[Si](C)(C)C.Cc1c[c-]c(-c2cc(CC3CCCCC3)ccn2)c2oc3nc(-c4ccccc4)ccc3c12.[Ir]. The molecule has 1 aliphatic carbocycles. The number of benzene rings is 3. The van der Waals surface area contributed by atoms with E-state index in [1.165, 1.54) is 54.0 Å². The zero-order chi connectivity index (χ0) is 40.3. The van der Waals surface area contributed by atoms with Gasteiger partial charge in [-0.25, -0.2) is 4.98 Å². The summed E-state index contributed by atoms with van der Waals surface area (Å²) in [5.74, 6) is 1.45. The quantitative estimate of drug-likeness (QED) is 0.112. The van der Waals surface area contributed by atoms with Crippen LogP contribution in [-0.2, 0) is 38.4 Å². The molecule has 0 atom stereocenters. The first kappa shape index (κ1) is 43.4. The van der Waals surface area contributed by atoms with Crippen molar-refractivity contribution in [1.82, 2.24) is 15.0 Å². The molecule has 4 aromatic heterocycles. The van der Waals surface area contributed by atoms with Crippen molar-refractivity contribution < 1.29 is 24.5 Å². The number of rotatable bonds is 8. The van der Waals surface area contributed by atoms with Crippen LogP contribution in [-0.4, -0.2) is 23.0 Å². The minimum atomic E-state index is -1.38.